The van der Waals surface area contributed by atoms with Crippen LogP contribution in [0.25, 0.3) is 106 Å². The van der Waals surface area contributed by atoms with Gasteiger partial charge in [-0.25, -0.2) is 15.0 Å². The van der Waals surface area contributed by atoms with Gasteiger partial charge in [-0.1, -0.05) is 146 Å². The van der Waals surface area contributed by atoms with E-state index in [1.54, 1.807) is 0 Å². The van der Waals surface area contributed by atoms with Crippen molar-refractivity contribution in [2.45, 2.75) is 0 Å². The van der Waals surface area contributed by atoms with Crippen LogP contribution in [0.3, 0.4) is 0 Å². The van der Waals surface area contributed by atoms with E-state index in [4.69, 9.17) is 19.4 Å². The molecule has 0 saturated heterocycles. The van der Waals surface area contributed by atoms with Gasteiger partial charge in [0.1, 0.15) is 11.2 Å². The molecule has 0 atom stereocenters. The first-order valence-electron chi connectivity index (χ1n) is 18.8. The molecule has 0 fully saturated rings. The number of rotatable bonds is 6. The smallest absolute Gasteiger partial charge is 0.164 e. The third kappa shape index (κ3) is 5.45. The van der Waals surface area contributed by atoms with Gasteiger partial charge in [0.25, 0.3) is 0 Å². The number of hydrogen-bond acceptors (Lipinski definition) is 4. The molecule has 0 aliphatic heterocycles. The van der Waals surface area contributed by atoms with Crippen LogP contribution in [-0.2, 0) is 0 Å². The highest BCUT2D eigenvalue weighted by molar-refractivity contribution is 6.11. The normalized spacial score (nSPS) is 11.6. The molecule has 3 aromatic heterocycles. The van der Waals surface area contributed by atoms with Crippen LogP contribution in [0.15, 0.2) is 199 Å². The van der Waals surface area contributed by atoms with E-state index in [0.717, 1.165) is 72.1 Å². The maximum Gasteiger partial charge on any atom is 0.164 e. The Kier molecular flexibility index (Phi) is 7.42. The van der Waals surface area contributed by atoms with Gasteiger partial charge in [-0.3, -0.25) is 0 Å². The zero-order valence-electron chi connectivity index (χ0n) is 30.2. The monoisotopic (exact) mass is 716 g/mol. The minimum absolute atomic E-state index is 0.636. The van der Waals surface area contributed by atoms with Crippen LogP contribution < -0.4 is 0 Å². The number of benzene rings is 8. The molecule has 0 bridgehead atoms. The molecule has 0 spiro atoms. The third-order valence-electron chi connectivity index (χ3n) is 10.7. The van der Waals surface area contributed by atoms with Gasteiger partial charge in [-0.05, 0) is 70.8 Å². The number of nitrogens with zero attached hydrogens (tertiary/aromatic N) is 4. The average molecular weight is 717 g/mol. The van der Waals surface area contributed by atoms with Gasteiger partial charge < -0.3 is 8.98 Å². The standard InChI is InChI=1S/C51H32N4O/c1-3-12-34(13-4-1)49-52-50(35-14-5-2-6-15-35)54-51(53-49)39-17-11-16-36(30-39)33-22-26-40(27-23-33)55-45-20-9-7-18-41(45)42-28-24-38(32-46(42)55)37-25-29-48-44(31-37)43-19-8-10-21-47(43)56-48/h1-32H. The van der Waals surface area contributed by atoms with E-state index < -0.39 is 0 Å². The van der Waals surface area contributed by atoms with Crippen molar-refractivity contribution >= 4 is 43.7 Å². The molecule has 0 aliphatic rings. The van der Waals surface area contributed by atoms with Crippen LogP contribution in [0.1, 0.15) is 0 Å². The molecule has 8 aromatic carbocycles. The second kappa shape index (κ2) is 13.0. The molecule has 0 unspecified atom stereocenters. The summed E-state index contributed by atoms with van der Waals surface area (Å²) in [6, 6.07) is 67.6. The Morgan fingerprint density at radius 2 is 0.821 bits per heavy atom. The summed E-state index contributed by atoms with van der Waals surface area (Å²) < 4.78 is 8.51. The highest BCUT2D eigenvalue weighted by Gasteiger charge is 2.16. The van der Waals surface area contributed by atoms with Crippen LogP contribution in [0.4, 0.5) is 0 Å². The topological polar surface area (TPSA) is 56.7 Å². The number of para-hydroxylation sites is 2. The van der Waals surface area contributed by atoms with Crippen molar-refractivity contribution < 1.29 is 4.42 Å². The van der Waals surface area contributed by atoms with Crippen molar-refractivity contribution in [1.82, 2.24) is 19.5 Å². The molecule has 56 heavy (non-hydrogen) atoms. The Labute approximate surface area is 322 Å². The number of hydrogen-bond donors (Lipinski definition) is 0. The molecule has 0 N–H and O–H groups in total. The molecule has 0 saturated carbocycles. The van der Waals surface area contributed by atoms with E-state index in [0.29, 0.717) is 17.5 Å². The van der Waals surface area contributed by atoms with Crippen molar-refractivity contribution in [1.29, 1.82) is 0 Å². The summed E-state index contributed by atoms with van der Waals surface area (Å²) in [7, 11) is 0. The van der Waals surface area contributed by atoms with Crippen molar-refractivity contribution in [3.8, 4) is 62.1 Å². The molecule has 11 aromatic rings. The Hall–Kier alpha value is -7.63. The van der Waals surface area contributed by atoms with Crippen LogP contribution >= 0.6 is 0 Å². The van der Waals surface area contributed by atoms with Gasteiger partial charge in [0.2, 0.25) is 0 Å². The third-order valence-corrected chi connectivity index (χ3v) is 10.7. The van der Waals surface area contributed by atoms with Gasteiger partial charge in [-0.2, -0.15) is 0 Å². The summed E-state index contributed by atoms with van der Waals surface area (Å²) in [6.45, 7) is 0. The molecule has 3 heterocycles. The lowest BCUT2D eigenvalue weighted by Crippen LogP contribution is -2.00. The summed E-state index contributed by atoms with van der Waals surface area (Å²) in [6.07, 6.45) is 0. The van der Waals surface area contributed by atoms with E-state index in [2.05, 4.69) is 126 Å². The van der Waals surface area contributed by atoms with Crippen molar-refractivity contribution in [3.63, 3.8) is 0 Å². The SMILES string of the molecule is c1ccc(-c2nc(-c3ccccc3)nc(-c3cccc(-c4ccc(-n5c6ccccc6c6ccc(-c7ccc8oc9ccccc9c8c7)cc65)cc4)c3)n2)cc1. The summed E-state index contributed by atoms with van der Waals surface area (Å²) in [4.78, 5) is 14.8. The second-order valence-electron chi connectivity index (χ2n) is 14.1. The second-order valence-corrected chi connectivity index (χ2v) is 14.1. The van der Waals surface area contributed by atoms with Crippen molar-refractivity contribution in [3.05, 3.63) is 194 Å². The Bertz CT molecular complexity index is 3180. The predicted octanol–water partition coefficient (Wildman–Crippen LogP) is 13.2. The van der Waals surface area contributed by atoms with Gasteiger partial charge >= 0.3 is 0 Å². The van der Waals surface area contributed by atoms with Crippen molar-refractivity contribution in [2.75, 3.05) is 0 Å². The first kappa shape index (κ1) is 31.9. The van der Waals surface area contributed by atoms with Gasteiger partial charge in [0.15, 0.2) is 17.5 Å². The summed E-state index contributed by atoms with van der Waals surface area (Å²) >= 11 is 0. The largest absolute Gasteiger partial charge is 0.456 e. The predicted molar refractivity (Wildman–Crippen MR) is 229 cm³/mol. The molecule has 262 valence electrons. The Morgan fingerprint density at radius 1 is 0.304 bits per heavy atom. The van der Waals surface area contributed by atoms with Gasteiger partial charge in [0, 0.05) is 43.9 Å². The molecule has 0 radical (unpaired) electrons. The lowest BCUT2D eigenvalue weighted by molar-refractivity contribution is 0.669. The van der Waals surface area contributed by atoms with E-state index >= 15 is 0 Å². The molecule has 5 heteroatoms. The molecular weight excluding hydrogens is 685 g/mol. The van der Waals surface area contributed by atoms with E-state index in [9.17, 15) is 0 Å². The first-order valence-corrected chi connectivity index (χ1v) is 18.8. The van der Waals surface area contributed by atoms with Crippen LogP contribution in [0.2, 0.25) is 0 Å². The van der Waals surface area contributed by atoms with E-state index in [1.807, 2.05) is 72.8 Å². The number of aromatic nitrogens is 4. The maximum absolute atomic E-state index is 6.13. The first-order chi connectivity index (χ1) is 27.7. The fourth-order valence-electron chi connectivity index (χ4n) is 7.91. The highest BCUT2D eigenvalue weighted by Crippen LogP contribution is 2.38. The zero-order valence-corrected chi connectivity index (χ0v) is 30.2. The van der Waals surface area contributed by atoms with Crippen LogP contribution in [0, 0.1) is 0 Å². The van der Waals surface area contributed by atoms with Crippen molar-refractivity contribution in [2.24, 2.45) is 0 Å². The average Bonchev–Trinajstić information content (AvgIpc) is 3.82. The molecule has 5 nitrogen and oxygen atoms in total. The summed E-state index contributed by atoms with van der Waals surface area (Å²) in [5.41, 5.74) is 12.6. The van der Waals surface area contributed by atoms with E-state index in [-0.39, 0.29) is 0 Å². The zero-order chi connectivity index (χ0) is 37.0. The Balaban J connectivity index is 0.984. The quantitative estimate of drug-likeness (QED) is 0.172. The lowest BCUT2D eigenvalue weighted by Gasteiger charge is -2.11. The minimum Gasteiger partial charge on any atom is -0.456 e. The van der Waals surface area contributed by atoms with Gasteiger partial charge in [-0.15, -0.1) is 0 Å². The summed E-state index contributed by atoms with van der Waals surface area (Å²) in [5, 5.41) is 4.71. The molecule has 0 amide bonds. The van der Waals surface area contributed by atoms with Crippen LogP contribution in [-0.4, -0.2) is 19.5 Å². The van der Waals surface area contributed by atoms with Gasteiger partial charge in [0.05, 0.1) is 11.0 Å². The maximum atomic E-state index is 6.13. The number of fused-ring (bicyclic) bond motifs is 6. The fraction of sp³-hybridized carbons (Fsp3) is 0. The van der Waals surface area contributed by atoms with E-state index in [1.165, 1.54) is 16.3 Å². The summed E-state index contributed by atoms with van der Waals surface area (Å²) in [5.74, 6) is 1.93. The molecular formula is C51H32N4O. The Morgan fingerprint density at radius 3 is 1.57 bits per heavy atom. The van der Waals surface area contributed by atoms with Crippen LogP contribution in [0.5, 0.6) is 0 Å². The fourth-order valence-corrected chi connectivity index (χ4v) is 7.91. The highest BCUT2D eigenvalue weighted by atomic mass is 16.3. The number of furan rings is 1. The lowest BCUT2D eigenvalue weighted by atomic mass is 10.0. The minimum atomic E-state index is 0.636. The molecule has 0 aliphatic carbocycles. The molecule has 11 rings (SSSR count).